The third-order valence-corrected chi connectivity index (χ3v) is 5.88. The molecule has 9 nitrogen and oxygen atoms in total. The molecule has 0 fully saturated rings. The summed E-state index contributed by atoms with van der Waals surface area (Å²) in [6.07, 6.45) is 5.44. The number of aryl methyl sites for hydroxylation is 1. The summed E-state index contributed by atoms with van der Waals surface area (Å²) >= 11 is 0. The van der Waals surface area contributed by atoms with E-state index in [9.17, 15) is 5.11 Å². The molecule has 2 N–H and O–H groups in total. The molecule has 0 aliphatic rings. The van der Waals surface area contributed by atoms with Gasteiger partial charge in [0.25, 0.3) is 0 Å². The first kappa shape index (κ1) is 25.4. The van der Waals surface area contributed by atoms with E-state index in [2.05, 4.69) is 29.2 Å². The molecule has 0 saturated carbocycles. The Morgan fingerprint density at radius 2 is 1.75 bits per heavy atom. The van der Waals surface area contributed by atoms with Crippen LogP contribution in [-0.2, 0) is 7.05 Å². The van der Waals surface area contributed by atoms with Crippen molar-refractivity contribution < 1.29 is 14.6 Å². The van der Waals surface area contributed by atoms with Crippen LogP contribution < -0.4 is 19.7 Å². The van der Waals surface area contributed by atoms with Crippen molar-refractivity contribution in [2.45, 2.75) is 32.4 Å². The van der Waals surface area contributed by atoms with E-state index in [0.717, 1.165) is 33.7 Å². The van der Waals surface area contributed by atoms with Crippen LogP contribution in [0.2, 0.25) is 0 Å². The number of hydrogen-bond acceptors (Lipinski definition) is 8. The van der Waals surface area contributed by atoms with Crippen molar-refractivity contribution >= 4 is 22.4 Å². The summed E-state index contributed by atoms with van der Waals surface area (Å²) in [5.74, 6) is 1.32. The largest absolute Gasteiger partial charge is 0.497 e. The van der Waals surface area contributed by atoms with Gasteiger partial charge in [0.05, 0.1) is 55.5 Å². The van der Waals surface area contributed by atoms with Crippen LogP contribution >= 0.6 is 0 Å². The molecule has 0 spiro atoms. The Bertz CT molecular complexity index is 1310. The molecule has 36 heavy (non-hydrogen) atoms. The van der Waals surface area contributed by atoms with E-state index in [4.69, 9.17) is 14.5 Å². The van der Waals surface area contributed by atoms with Gasteiger partial charge < -0.3 is 24.8 Å². The summed E-state index contributed by atoms with van der Waals surface area (Å²) in [4.78, 5) is 11.5. The zero-order valence-electron chi connectivity index (χ0n) is 21.7. The van der Waals surface area contributed by atoms with Crippen LogP contribution in [0.15, 0.2) is 55.0 Å². The van der Waals surface area contributed by atoms with Gasteiger partial charge in [-0.3, -0.25) is 9.67 Å². The second-order valence-electron chi connectivity index (χ2n) is 9.52. The molecule has 2 aromatic carbocycles. The number of aliphatic hydroxyl groups is 1. The molecule has 0 saturated heterocycles. The molecule has 4 rings (SSSR count). The smallest absolute Gasteiger partial charge is 0.124 e. The highest BCUT2D eigenvalue weighted by Crippen LogP contribution is 2.35. The molecule has 0 aliphatic heterocycles. The Morgan fingerprint density at radius 1 is 1.03 bits per heavy atom. The van der Waals surface area contributed by atoms with Crippen molar-refractivity contribution in [2.75, 3.05) is 32.2 Å². The molecular formula is C27H34N6O3. The molecule has 0 unspecified atom stereocenters. The van der Waals surface area contributed by atoms with Gasteiger partial charge in [-0.15, -0.1) is 0 Å². The zero-order chi connectivity index (χ0) is 25.9. The van der Waals surface area contributed by atoms with Gasteiger partial charge in [-0.2, -0.15) is 5.10 Å². The maximum absolute atomic E-state index is 11.3. The van der Waals surface area contributed by atoms with Crippen LogP contribution in [0.5, 0.6) is 11.5 Å². The van der Waals surface area contributed by atoms with E-state index in [1.54, 1.807) is 31.3 Å². The second-order valence-corrected chi connectivity index (χ2v) is 9.52. The zero-order valence-corrected chi connectivity index (χ0v) is 21.7. The third-order valence-electron chi connectivity index (χ3n) is 5.88. The first-order valence-corrected chi connectivity index (χ1v) is 11.9. The highest BCUT2D eigenvalue weighted by atomic mass is 16.5. The summed E-state index contributed by atoms with van der Waals surface area (Å²) in [6.45, 7) is 6.70. The van der Waals surface area contributed by atoms with E-state index in [-0.39, 0.29) is 6.04 Å². The number of nitrogens with one attached hydrogen (secondary N) is 1. The van der Waals surface area contributed by atoms with Crippen molar-refractivity contribution in [3.8, 4) is 22.8 Å². The number of methoxy groups -OCH3 is 2. The van der Waals surface area contributed by atoms with Crippen LogP contribution in [-0.4, -0.2) is 63.8 Å². The molecule has 2 heterocycles. The minimum absolute atomic E-state index is 0.253. The van der Waals surface area contributed by atoms with Crippen LogP contribution in [0.4, 0.5) is 11.4 Å². The number of rotatable bonds is 10. The fourth-order valence-electron chi connectivity index (χ4n) is 3.96. The maximum Gasteiger partial charge on any atom is 0.124 e. The number of nitrogens with zero attached hydrogens (tertiary/aromatic N) is 5. The topological polar surface area (TPSA) is 97.6 Å². The first-order valence-electron chi connectivity index (χ1n) is 11.9. The SMILES string of the molecule is COc1cc(OC)cc(N(C[C@@](C)(O)CNC(C)C)c2ccc3ncc(-c4cnn(C)c4)nc3c2)c1. The molecular weight excluding hydrogens is 456 g/mol. The Hall–Kier alpha value is -3.69. The molecule has 4 aromatic rings. The van der Waals surface area contributed by atoms with Gasteiger partial charge in [0.1, 0.15) is 11.5 Å². The second kappa shape index (κ2) is 10.5. The van der Waals surface area contributed by atoms with E-state index < -0.39 is 5.60 Å². The minimum atomic E-state index is -1.03. The normalized spacial score (nSPS) is 13.1. The van der Waals surface area contributed by atoms with Crippen LogP contribution in [0, 0.1) is 0 Å². The Balaban J connectivity index is 1.79. The Morgan fingerprint density at radius 3 is 2.36 bits per heavy atom. The molecule has 0 radical (unpaired) electrons. The van der Waals surface area contributed by atoms with Crippen molar-refractivity contribution in [2.24, 2.45) is 7.05 Å². The number of benzene rings is 2. The molecule has 0 bridgehead atoms. The lowest BCUT2D eigenvalue weighted by Crippen LogP contribution is -2.48. The van der Waals surface area contributed by atoms with E-state index in [1.807, 2.05) is 61.5 Å². The van der Waals surface area contributed by atoms with Gasteiger partial charge in [0.2, 0.25) is 0 Å². The summed E-state index contributed by atoms with van der Waals surface area (Å²) < 4.78 is 12.8. The third kappa shape index (κ3) is 5.92. The van der Waals surface area contributed by atoms with Crippen LogP contribution in [0.25, 0.3) is 22.3 Å². The Labute approximate surface area is 211 Å². The summed E-state index contributed by atoms with van der Waals surface area (Å²) in [7, 11) is 5.12. The summed E-state index contributed by atoms with van der Waals surface area (Å²) in [6, 6.07) is 11.8. The number of ether oxygens (including phenoxy) is 2. The lowest BCUT2D eigenvalue weighted by molar-refractivity contribution is 0.0667. The quantitative estimate of drug-likeness (QED) is 0.345. The van der Waals surface area contributed by atoms with Crippen LogP contribution in [0.3, 0.4) is 0 Å². The number of anilines is 2. The summed E-state index contributed by atoms with van der Waals surface area (Å²) in [5.41, 5.74) is 3.83. The minimum Gasteiger partial charge on any atom is -0.497 e. The molecule has 190 valence electrons. The monoisotopic (exact) mass is 490 g/mol. The highest BCUT2D eigenvalue weighted by molar-refractivity contribution is 5.82. The van der Waals surface area contributed by atoms with Crippen LogP contribution in [0.1, 0.15) is 20.8 Å². The number of hydrogen-bond donors (Lipinski definition) is 2. The number of fused-ring (bicyclic) bond motifs is 1. The predicted octanol–water partition coefficient (Wildman–Crippen LogP) is 3.93. The van der Waals surface area contributed by atoms with Gasteiger partial charge in [0.15, 0.2) is 0 Å². The van der Waals surface area contributed by atoms with E-state index in [1.165, 1.54) is 0 Å². The highest BCUT2D eigenvalue weighted by Gasteiger charge is 2.26. The van der Waals surface area contributed by atoms with Crippen molar-refractivity contribution in [1.29, 1.82) is 0 Å². The van der Waals surface area contributed by atoms with Crippen molar-refractivity contribution in [3.05, 3.63) is 55.0 Å². The molecule has 2 aromatic heterocycles. The van der Waals surface area contributed by atoms with E-state index >= 15 is 0 Å². The van der Waals surface area contributed by atoms with Gasteiger partial charge >= 0.3 is 0 Å². The molecule has 1 atom stereocenters. The first-order chi connectivity index (χ1) is 17.2. The Kier molecular flexibility index (Phi) is 7.42. The average molecular weight is 491 g/mol. The van der Waals surface area contributed by atoms with Gasteiger partial charge in [-0.25, -0.2) is 4.98 Å². The molecule has 0 aliphatic carbocycles. The average Bonchev–Trinajstić information content (AvgIpc) is 3.31. The lowest BCUT2D eigenvalue weighted by atomic mass is 10.0. The predicted molar refractivity (Wildman–Crippen MR) is 142 cm³/mol. The fourth-order valence-corrected chi connectivity index (χ4v) is 3.96. The standard InChI is InChI=1S/C27H34N6O3/c1-18(2)29-16-27(3,34)17-33(21-9-22(35-5)12-23(10-21)36-6)20-7-8-24-25(11-20)31-26(14-28-24)19-13-30-32(4)15-19/h7-15,18,29,34H,16-17H2,1-6H3/t27-/m0/s1. The van der Waals surface area contributed by atoms with Gasteiger partial charge in [-0.05, 0) is 25.1 Å². The van der Waals surface area contributed by atoms with Crippen molar-refractivity contribution in [1.82, 2.24) is 25.1 Å². The number of aromatic nitrogens is 4. The van der Waals surface area contributed by atoms with Gasteiger partial charge in [0, 0.05) is 61.0 Å². The van der Waals surface area contributed by atoms with Crippen molar-refractivity contribution in [3.63, 3.8) is 0 Å². The summed E-state index contributed by atoms with van der Waals surface area (Å²) in [5, 5.41) is 18.9. The van der Waals surface area contributed by atoms with Gasteiger partial charge in [-0.1, -0.05) is 13.8 Å². The lowest BCUT2D eigenvalue weighted by Gasteiger charge is -2.34. The van der Waals surface area contributed by atoms with E-state index in [0.29, 0.717) is 24.6 Å². The fraction of sp³-hybridized carbons (Fsp3) is 0.370. The maximum atomic E-state index is 11.3. The molecule has 9 heteroatoms. The molecule has 0 amide bonds.